The molecule has 0 aliphatic heterocycles. The summed E-state index contributed by atoms with van der Waals surface area (Å²) in [4.78, 5) is 17.2. The van der Waals surface area contributed by atoms with Gasteiger partial charge in [-0.2, -0.15) is 0 Å². The SMILES string of the molecule is COc1ccc(CN(c2ncco2)S(=O)(=O)c2ccc3c(ccc(=O)n3-c3cc(C)c(Br)cc3OC)c2)c(OC)c1. The summed E-state index contributed by atoms with van der Waals surface area (Å²) in [7, 11) is 0.355. The van der Waals surface area contributed by atoms with Crippen LogP contribution in [0.15, 0.2) is 91.7 Å². The van der Waals surface area contributed by atoms with Crippen molar-refractivity contribution >= 4 is 42.9 Å². The number of hydrogen-bond acceptors (Lipinski definition) is 8. The number of oxazole rings is 1. The number of ether oxygens (including phenoxy) is 3. The van der Waals surface area contributed by atoms with Crippen LogP contribution >= 0.6 is 15.9 Å². The van der Waals surface area contributed by atoms with Gasteiger partial charge >= 0.3 is 6.01 Å². The molecule has 2 aromatic heterocycles. The molecule has 5 rings (SSSR count). The Morgan fingerprint density at radius 1 is 0.951 bits per heavy atom. The van der Waals surface area contributed by atoms with E-state index in [4.69, 9.17) is 18.6 Å². The predicted octanol–water partition coefficient (Wildman–Crippen LogP) is 5.47. The van der Waals surface area contributed by atoms with E-state index in [-0.39, 0.29) is 23.0 Å². The Bertz CT molecular complexity index is 1900. The van der Waals surface area contributed by atoms with Gasteiger partial charge < -0.3 is 18.6 Å². The number of pyridine rings is 1. The number of aromatic nitrogens is 2. The smallest absolute Gasteiger partial charge is 0.311 e. The molecule has 0 fully saturated rings. The van der Waals surface area contributed by atoms with Crippen LogP contribution in [-0.2, 0) is 16.6 Å². The topological polar surface area (TPSA) is 113 Å². The summed E-state index contributed by atoms with van der Waals surface area (Å²) in [5.74, 6) is 1.49. The number of benzene rings is 3. The van der Waals surface area contributed by atoms with Crippen molar-refractivity contribution in [3.8, 4) is 22.9 Å². The summed E-state index contributed by atoms with van der Waals surface area (Å²) < 4.78 is 53.3. The maximum atomic E-state index is 14.1. The lowest BCUT2D eigenvalue weighted by atomic mass is 10.1. The van der Waals surface area contributed by atoms with Crippen molar-refractivity contribution in [2.24, 2.45) is 0 Å². The second kappa shape index (κ2) is 11.3. The van der Waals surface area contributed by atoms with E-state index in [1.807, 2.05) is 13.0 Å². The number of hydrogen-bond donors (Lipinski definition) is 0. The van der Waals surface area contributed by atoms with Gasteiger partial charge in [-0.05, 0) is 61.0 Å². The van der Waals surface area contributed by atoms with Crippen molar-refractivity contribution in [2.45, 2.75) is 18.4 Å². The number of sulfonamides is 1. The quantitative estimate of drug-likeness (QED) is 0.209. The Hall–Kier alpha value is -4.29. The third kappa shape index (κ3) is 5.27. The molecule has 0 aliphatic rings. The molecule has 2 heterocycles. The van der Waals surface area contributed by atoms with Crippen molar-refractivity contribution in [1.82, 2.24) is 9.55 Å². The zero-order valence-electron chi connectivity index (χ0n) is 22.6. The average Bonchev–Trinajstić information content (AvgIpc) is 3.51. The number of methoxy groups -OCH3 is 3. The van der Waals surface area contributed by atoms with E-state index in [9.17, 15) is 13.2 Å². The molecule has 0 amide bonds. The van der Waals surface area contributed by atoms with Crippen molar-refractivity contribution in [3.63, 3.8) is 0 Å². The number of halogens is 1. The molecule has 0 unspecified atom stereocenters. The van der Waals surface area contributed by atoms with Crippen LogP contribution in [0.1, 0.15) is 11.1 Å². The number of anilines is 1. The van der Waals surface area contributed by atoms with Crippen LogP contribution in [0.25, 0.3) is 16.6 Å². The van der Waals surface area contributed by atoms with Crippen LogP contribution in [0, 0.1) is 6.92 Å². The van der Waals surface area contributed by atoms with E-state index in [1.54, 1.807) is 36.4 Å². The van der Waals surface area contributed by atoms with Gasteiger partial charge in [0.2, 0.25) is 0 Å². The molecule has 3 aromatic carbocycles. The minimum Gasteiger partial charge on any atom is -0.497 e. The minimum atomic E-state index is -4.20. The van der Waals surface area contributed by atoms with E-state index >= 15 is 0 Å². The monoisotopic (exact) mass is 639 g/mol. The van der Waals surface area contributed by atoms with Gasteiger partial charge in [-0.3, -0.25) is 9.36 Å². The summed E-state index contributed by atoms with van der Waals surface area (Å²) in [5.41, 5.74) is 2.23. The number of rotatable bonds is 9. The van der Waals surface area contributed by atoms with E-state index in [1.165, 1.54) is 56.6 Å². The number of nitrogens with zero attached hydrogens (tertiary/aromatic N) is 3. The maximum absolute atomic E-state index is 14.1. The second-order valence-corrected chi connectivity index (χ2v) is 11.7. The van der Waals surface area contributed by atoms with Gasteiger partial charge in [0.05, 0.1) is 50.2 Å². The molecule has 0 atom stereocenters. The van der Waals surface area contributed by atoms with Crippen LogP contribution in [0.4, 0.5) is 6.01 Å². The Kier molecular flexibility index (Phi) is 7.78. The van der Waals surface area contributed by atoms with Crippen molar-refractivity contribution < 1.29 is 27.0 Å². The van der Waals surface area contributed by atoms with Crippen LogP contribution in [-0.4, -0.2) is 39.3 Å². The lowest BCUT2D eigenvalue weighted by Crippen LogP contribution is -2.31. The first-order chi connectivity index (χ1) is 19.7. The van der Waals surface area contributed by atoms with E-state index in [0.717, 1.165) is 14.3 Å². The minimum absolute atomic E-state index is 0.0140. The van der Waals surface area contributed by atoms with E-state index in [0.29, 0.717) is 39.4 Å². The first kappa shape index (κ1) is 28.2. The van der Waals surface area contributed by atoms with Gasteiger partial charge in [0, 0.05) is 27.6 Å². The number of aryl methyl sites for hydroxylation is 1. The zero-order chi connectivity index (χ0) is 29.3. The summed E-state index contributed by atoms with van der Waals surface area (Å²) in [5, 5.41) is 0.530. The molecule has 10 nitrogen and oxygen atoms in total. The van der Waals surface area contributed by atoms with Gasteiger partial charge in [0.25, 0.3) is 15.6 Å². The third-order valence-corrected chi connectivity index (χ3v) is 9.17. The van der Waals surface area contributed by atoms with Gasteiger partial charge in [-0.15, -0.1) is 0 Å². The predicted molar refractivity (Wildman–Crippen MR) is 158 cm³/mol. The fourth-order valence-corrected chi connectivity index (χ4v) is 6.18. The largest absolute Gasteiger partial charge is 0.497 e. The first-order valence-corrected chi connectivity index (χ1v) is 14.5. The second-order valence-electron chi connectivity index (χ2n) is 9.00. The summed E-state index contributed by atoms with van der Waals surface area (Å²) in [6.45, 7) is 1.78. The standard InChI is InChI=1S/C29H26BrN3O7S/c1-18-13-25(27(39-4)16-23(18)30)33-24-9-8-22(14-19(24)6-10-28(33)34)41(35,36)32(29-31-11-12-40-29)17-20-5-7-21(37-2)15-26(20)38-3/h5-16H,17H2,1-4H3. The lowest BCUT2D eigenvalue weighted by molar-refractivity contribution is 0.391. The zero-order valence-corrected chi connectivity index (χ0v) is 25.0. The first-order valence-electron chi connectivity index (χ1n) is 12.3. The molecule has 212 valence electrons. The van der Waals surface area contributed by atoms with Crippen molar-refractivity contribution in [3.05, 3.63) is 99.1 Å². The van der Waals surface area contributed by atoms with Gasteiger partial charge in [0.1, 0.15) is 23.5 Å². The van der Waals surface area contributed by atoms with Crippen LogP contribution in [0.5, 0.6) is 17.2 Å². The fraction of sp³-hybridized carbons (Fsp3) is 0.172. The fourth-order valence-electron chi connectivity index (χ4n) is 4.48. The van der Waals surface area contributed by atoms with Gasteiger partial charge in [-0.25, -0.2) is 17.7 Å². The molecule has 0 radical (unpaired) electrons. The highest BCUT2D eigenvalue weighted by Crippen LogP contribution is 2.33. The highest BCUT2D eigenvalue weighted by atomic mass is 79.9. The van der Waals surface area contributed by atoms with Gasteiger partial charge in [-0.1, -0.05) is 15.9 Å². The maximum Gasteiger partial charge on any atom is 0.311 e. The Morgan fingerprint density at radius 3 is 2.41 bits per heavy atom. The third-order valence-electron chi connectivity index (χ3n) is 6.60. The van der Waals surface area contributed by atoms with Crippen molar-refractivity contribution in [1.29, 1.82) is 0 Å². The van der Waals surface area contributed by atoms with E-state index in [2.05, 4.69) is 20.9 Å². The Labute approximate surface area is 244 Å². The van der Waals surface area contributed by atoms with Crippen LogP contribution < -0.4 is 24.1 Å². The Balaban J connectivity index is 1.63. The molecule has 12 heteroatoms. The molecular formula is C29H26BrN3O7S. The highest BCUT2D eigenvalue weighted by molar-refractivity contribution is 9.10. The molecular weight excluding hydrogens is 614 g/mol. The normalized spacial score (nSPS) is 11.4. The van der Waals surface area contributed by atoms with Crippen LogP contribution in [0.3, 0.4) is 0 Å². The van der Waals surface area contributed by atoms with Crippen molar-refractivity contribution in [2.75, 3.05) is 25.6 Å². The number of fused-ring (bicyclic) bond motifs is 1. The molecule has 0 aliphatic carbocycles. The summed E-state index contributed by atoms with van der Waals surface area (Å²) in [6, 6.07) is 16.2. The average molecular weight is 641 g/mol. The molecule has 41 heavy (non-hydrogen) atoms. The Morgan fingerprint density at radius 2 is 1.73 bits per heavy atom. The molecule has 0 saturated heterocycles. The van der Waals surface area contributed by atoms with E-state index < -0.39 is 10.0 Å². The molecule has 0 N–H and O–H groups in total. The molecule has 0 bridgehead atoms. The summed E-state index contributed by atoms with van der Waals surface area (Å²) in [6.07, 6.45) is 2.67. The molecule has 0 spiro atoms. The molecule has 0 saturated carbocycles. The van der Waals surface area contributed by atoms with Gasteiger partial charge in [0.15, 0.2) is 0 Å². The highest BCUT2D eigenvalue weighted by Gasteiger charge is 2.30. The lowest BCUT2D eigenvalue weighted by Gasteiger charge is -2.22. The van der Waals surface area contributed by atoms with Crippen LogP contribution in [0.2, 0.25) is 0 Å². The summed E-state index contributed by atoms with van der Waals surface area (Å²) >= 11 is 3.50. The molecule has 5 aromatic rings.